The van der Waals surface area contributed by atoms with E-state index in [9.17, 15) is 13.6 Å². The predicted molar refractivity (Wildman–Crippen MR) is 79.1 cm³/mol. The highest BCUT2D eigenvalue weighted by atomic mass is 19.1. The highest BCUT2D eigenvalue weighted by Crippen LogP contribution is 2.20. The van der Waals surface area contributed by atoms with Gasteiger partial charge < -0.3 is 5.32 Å². The van der Waals surface area contributed by atoms with Gasteiger partial charge in [0.15, 0.2) is 0 Å². The molecule has 0 aromatic heterocycles. The van der Waals surface area contributed by atoms with Crippen molar-refractivity contribution in [3.8, 4) is 0 Å². The lowest BCUT2D eigenvalue weighted by atomic mass is 10.00. The quantitative estimate of drug-likeness (QED) is 0.901. The minimum absolute atomic E-state index is 0.254. The first-order chi connectivity index (χ1) is 10.1. The largest absolute Gasteiger partial charge is 0.321 e. The number of benzene rings is 1. The average molecular weight is 296 g/mol. The third kappa shape index (κ3) is 4.24. The van der Waals surface area contributed by atoms with Crippen LogP contribution in [0.1, 0.15) is 39.0 Å². The highest BCUT2D eigenvalue weighted by molar-refractivity contribution is 5.91. The molecule has 1 aliphatic heterocycles. The molecular formula is C16H22F2N2O. The first-order valence-corrected chi connectivity index (χ1v) is 7.59. The zero-order valence-corrected chi connectivity index (χ0v) is 12.4. The van der Waals surface area contributed by atoms with Crippen LogP contribution in [-0.4, -0.2) is 29.9 Å². The molecule has 116 valence electrons. The number of likely N-dealkylation sites (tertiary alicyclic amines) is 1. The summed E-state index contributed by atoms with van der Waals surface area (Å²) in [5, 5.41) is 2.34. The monoisotopic (exact) mass is 296 g/mol. The van der Waals surface area contributed by atoms with Crippen LogP contribution in [0.2, 0.25) is 0 Å². The molecule has 1 aromatic carbocycles. The second kappa shape index (κ2) is 7.50. The van der Waals surface area contributed by atoms with E-state index in [1.54, 1.807) is 0 Å². The van der Waals surface area contributed by atoms with Crippen molar-refractivity contribution in [1.82, 2.24) is 4.90 Å². The molecule has 1 atom stereocenters. The molecule has 1 aromatic rings. The van der Waals surface area contributed by atoms with E-state index in [-0.39, 0.29) is 18.0 Å². The van der Waals surface area contributed by atoms with Gasteiger partial charge in [-0.1, -0.05) is 19.4 Å². The summed E-state index contributed by atoms with van der Waals surface area (Å²) in [5.74, 6) is -1.83. The maximum Gasteiger partial charge on any atom is 0.225 e. The van der Waals surface area contributed by atoms with Crippen molar-refractivity contribution in [3.05, 3.63) is 29.8 Å². The van der Waals surface area contributed by atoms with Crippen molar-refractivity contribution in [1.29, 1.82) is 0 Å². The Kier molecular flexibility index (Phi) is 5.67. The van der Waals surface area contributed by atoms with E-state index in [1.807, 2.05) is 0 Å². The Hall–Kier alpha value is -1.49. The summed E-state index contributed by atoms with van der Waals surface area (Å²) in [5.41, 5.74) is -0.354. The number of rotatable bonds is 5. The van der Waals surface area contributed by atoms with E-state index in [0.29, 0.717) is 12.6 Å². The summed E-state index contributed by atoms with van der Waals surface area (Å²) in [6, 6.07) is 4.07. The number of hydrogen-bond acceptors (Lipinski definition) is 2. The van der Waals surface area contributed by atoms with Gasteiger partial charge in [-0.05, 0) is 37.9 Å². The van der Waals surface area contributed by atoms with Gasteiger partial charge in [-0.3, -0.25) is 9.69 Å². The smallest absolute Gasteiger partial charge is 0.225 e. The van der Waals surface area contributed by atoms with Crippen molar-refractivity contribution in [2.24, 2.45) is 0 Å². The molecule has 1 aliphatic rings. The third-order valence-corrected chi connectivity index (χ3v) is 4.07. The van der Waals surface area contributed by atoms with Crippen LogP contribution < -0.4 is 5.32 Å². The lowest BCUT2D eigenvalue weighted by molar-refractivity contribution is -0.116. The molecule has 0 spiro atoms. The number of amides is 1. The molecule has 1 amide bonds. The van der Waals surface area contributed by atoms with Crippen LogP contribution in [0, 0.1) is 11.6 Å². The van der Waals surface area contributed by atoms with E-state index < -0.39 is 11.6 Å². The SMILES string of the molecule is CCC1CCCCN1CCC(=O)Nc1c(F)cccc1F. The average Bonchev–Trinajstić information content (AvgIpc) is 2.49. The van der Waals surface area contributed by atoms with Crippen LogP contribution in [0.5, 0.6) is 0 Å². The Labute approximate surface area is 124 Å². The predicted octanol–water partition coefficient (Wildman–Crippen LogP) is 3.56. The lowest BCUT2D eigenvalue weighted by Crippen LogP contribution is -2.40. The normalized spacial score (nSPS) is 19.5. The Morgan fingerprint density at radius 2 is 2.05 bits per heavy atom. The minimum atomic E-state index is -0.743. The summed E-state index contributed by atoms with van der Waals surface area (Å²) in [4.78, 5) is 14.2. The number of carbonyl (C=O) groups is 1. The molecule has 1 N–H and O–H groups in total. The van der Waals surface area contributed by atoms with Gasteiger partial charge in [0.05, 0.1) is 0 Å². The molecule has 0 aliphatic carbocycles. The number of carbonyl (C=O) groups excluding carboxylic acids is 1. The van der Waals surface area contributed by atoms with Crippen molar-refractivity contribution < 1.29 is 13.6 Å². The number of nitrogens with one attached hydrogen (secondary N) is 1. The maximum absolute atomic E-state index is 13.5. The van der Waals surface area contributed by atoms with E-state index >= 15 is 0 Å². The van der Waals surface area contributed by atoms with Crippen LogP contribution in [-0.2, 0) is 4.79 Å². The number of piperidine rings is 1. The van der Waals surface area contributed by atoms with Crippen LogP contribution in [0.3, 0.4) is 0 Å². The summed E-state index contributed by atoms with van der Waals surface area (Å²) in [6.07, 6.45) is 4.88. The van der Waals surface area contributed by atoms with E-state index in [0.717, 1.165) is 31.5 Å². The van der Waals surface area contributed by atoms with Gasteiger partial charge in [-0.15, -0.1) is 0 Å². The van der Waals surface area contributed by atoms with Gasteiger partial charge in [0, 0.05) is 19.0 Å². The Bertz CT molecular complexity index is 473. The summed E-state index contributed by atoms with van der Waals surface area (Å²) in [7, 11) is 0. The lowest BCUT2D eigenvalue weighted by Gasteiger charge is -2.35. The number of nitrogens with zero attached hydrogens (tertiary/aromatic N) is 1. The van der Waals surface area contributed by atoms with E-state index in [2.05, 4.69) is 17.1 Å². The molecule has 1 heterocycles. The molecule has 21 heavy (non-hydrogen) atoms. The Morgan fingerprint density at radius 3 is 2.71 bits per heavy atom. The third-order valence-electron chi connectivity index (χ3n) is 4.07. The van der Waals surface area contributed by atoms with Gasteiger partial charge in [-0.2, -0.15) is 0 Å². The van der Waals surface area contributed by atoms with Crippen molar-refractivity contribution >= 4 is 11.6 Å². The van der Waals surface area contributed by atoms with Crippen LogP contribution in [0.15, 0.2) is 18.2 Å². The number of anilines is 1. The fourth-order valence-electron chi connectivity index (χ4n) is 2.88. The fraction of sp³-hybridized carbons (Fsp3) is 0.562. The van der Waals surface area contributed by atoms with Gasteiger partial charge in [-0.25, -0.2) is 8.78 Å². The summed E-state index contributed by atoms with van der Waals surface area (Å²) < 4.78 is 26.9. The minimum Gasteiger partial charge on any atom is -0.321 e. The van der Waals surface area contributed by atoms with Crippen molar-refractivity contribution in [3.63, 3.8) is 0 Å². The number of para-hydroxylation sites is 1. The van der Waals surface area contributed by atoms with Gasteiger partial charge in [0.25, 0.3) is 0 Å². The Morgan fingerprint density at radius 1 is 1.33 bits per heavy atom. The molecule has 0 radical (unpaired) electrons. The molecule has 0 saturated carbocycles. The van der Waals surface area contributed by atoms with Gasteiger partial charge in [0.1, 0.15) is 17.3 Å². The second-order valence-electron chi connectivity index (χ2n) is 5.49. The highest BCUT2D eigenvalue weighted by Gasteiger charge is 2.21. The van der Waals surface area contributed by atoms with Gasteiger partial charge >= 0.3 is 0 Å². The Balaban J connectivity index is 1.87. The van der Waals surface area contributed by atoms with Crippen molar-refractivity contribution in [2.75, 3.05) is 18.4 Å². The molecular weight excluding hydrogens is 274 g/mol. The number of halogens is 2. The number of hydrogen-bond donors (Lipinski definition) is 1. The molecule has 1 fully saturated rings. The molecule has 5 heteroatoms. The molecule has 1 unspecified atom stereocenters. The summed E-state index contributed by atoms with van der Waals surface area (Å²) in [6.45, 7) is 3.79. The van der Waals surface area contributed by atoms with Crippen LogP contribution >= 0.6 is 0 Å². The molecule has 1 saturated heterocycles. The molecule has 2 rings (SSSR count). The fourth-order valence-corrected chi connectivity index (χ4v) is 2.88. The molecule has 0 bridgehead atoms. The van der Waals surface area contributed by atoms with Crippen molar-refractivity contribution in [2.45, 2.75) is 45.1 Å². The van der Waals surface area contributed by atoms with E-state index in [4.69, 9.17) is 0 Å². The van der Waals surface area contributed by atoms with Crippen LogP contribution in [0.4, 0.5) is 14.5 Å². The first kappa shape index (κ1) is 15.9. The van der Waals surface area contributed by atoms with Gasteiger partial charge in [0.2, 0.25) is 5.91 Å². The summed E-state index contributed by atoms with van der Waals surface area (Å²) >= 11 is 0. The topological polar surface area (TPSA) is 32.3 Å². The van der Waals surface area contributed by atoms with E-state index in [1.165, 1.54) is 18.9 Å². The second-order valence-corrected chi connectivity index (χ2v) is 5.49. The zero-order chi connectivity index (χ0) is 15.2. The standard InChI is InChI=1S/C16H22F2N2O/c1-2-12-6-3-4-10-20(12)11-9-15(21)19-16-13(17)7-5-8-14(16)18/h5,7-8,12H,2-4,6,9-11H2,1H3,(H,19,21). The van der Waals surface area contributed by atoms with Crippen LogP contribution in [0.25, 0.3) is 0 Å². The molecule has 3 nitrogen and oxygen atoms in total. The zero-order valence-electron chi connectivity index (χ0n) is 12.4. The maximum atomic E-state index is 13.5. The first-order valence-electron chi connectivity index (χ1n) is 7.59.